The molecule has 2 aromatic carbocycles. The summed E-state index contributed by atoms with van der Waals surface area (Å²) in [7, 11) is -3.74. The lowest BCUT2D eigenvalue weighted by molar-refractivity contribution is -0.150. The van der Waals surface area contributed by atoms with Crippen LogP contribution in [0.15, 0.2) is 47.4 Å². The molecule has 0 saturated heterocycles. The maximum absolute atomic E-state index is 12.8. The first kappa shape index (κ1) is 22.6. The number of benzene rings is 2. The molecule has 1 unspecified atom stereocenters. The lowest BCUT2D eigenvalue weighted by atomic mass is 9.79. The van der Waals surface area contributed by atoms with E-state index in [1.807, 2.05) is 13.0 Å². The van der Waals surface area contributed by atoms with Crippen LogP contribution in [-0.4, -0.2) is 37.5 Å². The molecular formula is C22H27ClN2O4S. The van der Waals surface area contributed by atoms with E-state index in [0.29, 0.717) is 23.8 Å². The molecule has 1 aliphatic heterocycles. The Morgan fingerprint density at radius 1 is 1.23 bits per heavy atom. The predicted octanol–water partition coefficient (Wildman–Crippen LogP) is 4.25. The SMILES string of the molecule is CC(CN1CCc2ccc(S(=O)(=O)Nc3cccc(Cl)c3)cc2C1)C(C)(C)C(=O)O. The highest BCUT2D eigenvalue weighted by Gasteiger charge is 2.35. The highest BCUT2D eigenvalue weighted by molar-refractivity contribution is 7.92. The van der Waals surface area contributed by atoms with E-state index in [9.17, 15) is 18.3 Å². The molecule has 1 aliphatic rings. The molecule has 0 saturated carbocycles. The molecular weight excluding hydrogens is 424 g/mol. The lowest BCUT2D eigenvalue weighted by Gasteiger charge is -2.35. The summed E-state index contributed by atoms with van der Waals surface area (Å²) >= 11 is 5.95. The number of halogens is 1. The van der Waals surface area contributed by atoms with Gasteiger partial charge in [-0.15, -0.1) is 0 Å². The minimum atomic E-state index is -3.74. The quantitative estimate of drug-likeness (QED) is 0.658. The van der Waals surface area contributed by atoms with E-state index >= 15 is 0 Å². The minimum absolute atomic E-state index is 0.0482. The van der Waals surface area contributed by atoms with Crippen molar-refractivity contribution in [3.8, 4) is 0 Å². The number of rotatable bonds is 7. The van der Waals surface area contributed by atoms with Gasteiger partial charge in [-0.3, -0.25) is 14.4 Å². The summed E-state index contributed by atoms with van der Waals surface area (Å²) in [5, 5.41) is 9.92. The van der Waals surface area contributed by atoms with Gasteiger partial charge in [-0.05, 0) is 67.6 Å². The Kier molecular flexibility index (Phi) is 6.45. The first-order chi connectivity index (χ1) is 14.0. The molecule has 162 valence electrons. The molecule has 0 radical (unpaired) electrons. The maximum atomic E-state index is 12.8. The topological polar surface area (TPSA) is 86.7 Å². The average molecular weight is 451 g/mol. The number of carbonyl (C=O) groups is 1. The van der Waals surface area contributed by atoms with Gasteiger partial charge in [-0.25, -0.2) is 8.42 Å². The van der Waals surface area contributed by atoms with Gasteiger partial charge in [0.05, 0.1) is 16.0 Å². The highest BCUT2D eigenvalue weighted by atomic mass is 35.5. The molecule has 0 amide bonds. The molecule has 3 rings (SSSR count). The van der Waals surface area contributed by atoms with Gasteiger partial charge in [0.1, 0.15) is 0 Å². The molecule has 30 heavy (non-hydrogen) atoms. The summed E-state index contributed by atoms with van der Waals surface area (Å²) in [5.41, 5.74) is 1.66. The predicted molar refractivity (Wildman–Crippen MR) is 118 cm³/mol. The number of hydrogen-bond donors (Lipinski definition) is 2. The van der Waals surface area contributed by atoms with E-state index in [2.05, 4.69) is 9.62 Å². The molecule has 0 spiro atoms. The van der Waals surface area contributed by atoms with Gasteiger partial charge < -0.3 is 5.11 Å². The molecule has 1 heterocycles. The van der Waals surface area contributed by atoms with Crippen LogP contribution < -0.4 is 4.72 Å². The first-order valence-corrected chi connectivity index (χ1v) is 11.7. The molecule has 2 aromatic rings. The standard InChI is InChI=1S/C22H27ClN2O4S/c1-15(22(2,3)21(26)27)13-25-10-9-16-7-8-20(11-17(16)14-25)30(28,29)24-19-6-4-5-18(23)12-19/h4-8,11-12,15,24H,9-10,13-14H2,1-3H3,(H,26,27). The molecule has 8 heteroatoms. The van der Waals surface area contributed by atoms with Gasteiger partial charge in [-0.2, -0.15) is 0 Å². The van der Waals surface area contributed by atoms with Crippen molar-refractivity contribution in [1.29, 1.82) is 0 Å². The van der Waals surface area contributed by atoms with Crippen molar-refractivity contribution in [2.45, 2.75) is 38.6 Å². The third-order valence-electron chi connectivity index (χ3n) is 5.97. The summed E-state index contributed by atoms with van der Waals surface area (Å²) in [5.74, 6) is -0.860. The normalized spacial score (nSPS) is 16.0. The van der Waals surface area contributed by atoms with Crippen LogP contribution in [-0.2, 0) is 27.8 Å². The average Bonchev–Trinajstić information content (AvgIpc) is 2.66. The van der Waals surface area contributed by atoms with Crippen LogP contribution in [0.25, 0.3) is 0 Å². The van der Waals surface area contributed by atoms with Gasteiger partial charge in [0.25, 0.3) is 10.0 Å². The van der Waals surface area contributed by atoms with Crippen LogP contribution >= 0.6 is 11.6 Å². The van der Waals surface area contributed by atoms with Crippen molar-refractivity contribution < 1.29 is 18.3 Å². The Hall–Kier alpha value is -2.09. The first-order valence-electron chi connectivity index (χ1n) is 9.85. The Balaban J connectivity index is 1.77. The van der Waals surface area contributed by atoms with Gasteiger partial charge in [-0.1, -0.05) is 30.7 Å². The smallest absolute Gasteiger partial charge is 0.309 e. The number of nitrogens with one attached hydrogen (secondary N) is 1. The summed E-state index contributed by atoms with van der Waals surface area (Å²) in [4.78, 5) is 13.9. The van der Waals surface area contributed by atoms with E-state index in [1.165, 1.54) is 0 Å². The van der Waals surface area contributed by atoms with Crippen molar-refractivity contribution in [3.63, 3.8) is 0 Å². The van der Waals surface area contributed by atoms with E-state index in [4.69, 9.17) is 11.6 Å². The van der Waals surface area contributed by atoms with Crippen molar-refractivity contribution >= 4 is 33.3 Å². The van der Waals surface area contributed by atoms with E-state index in [1.54, 1.807) is 50.2 Å². The Morgan fingerprint density at radius 2 is 1.97 bits per heavy atom. The summed E-state index contributed by atoms with van der Waals surface area (Å²) in [6, 6.07) is 11.8. The van der Waals surface area contributed by atoms with Gasteiger partial charge >= 0.3 is 5.97 Å². The second kappa shape index (κ2) is 8.57. The van der Waals surface area contributed by atoms with Crippen LogP contribution in [0.2, 0.25) is 5.02 Å². The van der Waals surface area contributed by atoms with Crippen molar-refractivity contribution in [2.75, 3.05) is 17.8 Å². The van der Waals surface area contributed by atoms with Gasteiger partial charge in [0, 0.05) is 24.7 Å². The molecule has 0 fully saturated rings. The van der Waals surface area contributed by atoms with E-state index < -0.39 is 21.4 Å². The number of sulfonamides is 1. The highest BCUT2D eigenvalue weighted by Crippen LogP contribution is 2.30. The maximum Gasteiger partial charge on any atom is 0.309 e. The number of nitrogens with zero attached hydrogens (tertiary/aromatic N) is 1. The van der Waals surface area contributed by atoms with Gasteiger partial charge in [0.2, 0.25) is 0 Å². The second-order valence-electron chi connectivity index (χ2n) is 8.46. The number of anilines is 1. The van der Waals surface area contributed by atoms with Crippen LogP contribution in [0.1, 0.15) is 31.9 Å². The number of carboxylic acid groups (broad SMARTS) is 1. The zero-order chi connectivity index (χ0) is 22.1. The fourth-order valence-corrected chi connectivity index (χ4v) is 4.80. The number of aliphatic carboxylic acids is 1. The molecule has 6 nitrogen and oxygen atoms in total. The van der Waals surface area contributed by atoms with Crippen LogP contribution in [0, 0.1) is 11.3 Å². The van der Waals surface area contributed by atoms with Gasteiger partial charge in [0.15, 0.2) is 0 Å². The van der Waals surface area contributed by atoms with E-state index in [0.717, 1.165) is 24.1 Å². The molecule has 1 atom stereocenters. The molecule has 0 bridgehead atoms. The number of hydrogen-bond acceptors (Lipinski definition) is 4. The largest absolute Gasteiger partial charge is 0.481 e. The second-order valence-corrected chi connectivity index (χ2v) is 10.6. The lowest BCUT2D eigenvalue weighted by Crippen LogP contribution is -2.41. The molecule has 2 N–H and O–H groups in total. The zero-order valence-electron chi connectivity index (χ0n) is 17.4. The monoisotopic (exact) mass is 450 g/mol. The minimum Gasteiger partial charge on any atom is -0.481 e. The van der Waals surface area contributed by atoms with Crippen LogP contribution in [0.5, 0.6) is 0 Å². The zero-order valence-corrected chi connectivity index (χ0v) is 18.9. The van der Waals surface area contributed by atoms with Crippen molar-refractivity contribution in [3.05, 3.63) is 58.6 Å². The third-order valence-corrected chi connectivity index (χ3v) is 7.59. The third kappa shape index (κ3) is 4.96. The van der Waals surface area contributed by atoms with Crippen molar-refractivity contribution in [2.24, 2.45) is 11.3 Å². The van der Waals surface area contributed by atoms with E-state index in [-0.39, 0.29) is 10.8 Å². The number of carboxylic acids is 1. The summed E-state index contributed by atoms with van der Waals surface area (Å²) < 4.78 is 28.2. The molecule has 0 aromatic heterocycles. The fourth-order valence-electron chi connectivity index (χ4n) is 3.51. The summed E-state index contributed by atoms with van der Waals surface area (Å²) in [6.07, 6.45) is 0.803. The fraction of sp³-hybridized carbons (Fsp3) is 0.409. The van der Waals surface area contributed by atoms with Crippen LogP contribution in [0.4, 0.5) is 5.69 Å². The molecule has 0 aliphatic carbocycles. The Morgan fingerprint density at radius 3 is 2.63 bits per heavy atom. The number of fused-ring (bicyclic) bond motifs is 1. The van der Waals surface area contributed by atoms with Crippen molar-refractivity contribution in [1.82, 2.24) is 4.90 Å². The van der Waals surface area contributed by atoms with Crippen LogP contribution in [0.3, 0.4) is 0 Å². The Bertz CT molecular complexity index is 1050. The Labute approximate surface area is 182 Å². The summed E-state index contributed by atoms with van der Waals surface area (Å²) in [6.45, 7) is 7.47.